The summed E-state index contributed by atoms with van der Waals surface area (Å²) < 4.78 is 2.00. The lowest BCUT2D eigenvalue weighted by atomic mass is 9.93. The number of aromatic amines is 1. The van der Waals surface area contributed by atoms with Gasteiger partial charge in [0.05, 0.1) is 6.20 Å². The van der Waals surface area contributed by atoms with E-state index < -0.39 is 0 Å². The first-order valence-corrected chi connectivity index (χ1v) is 6.48. The van der Waals surface area contributed by atoms with Crippen molar-refractivity contribution in [1.82, 2.24) is 25.1 Å². The molecule has 1 aliphatic rings. The Balaban J connectivity index is 1.71. The summed E-state index contributed by atoms with van der Waals surface area (Å²) in [6.07, 6.45) is 7.46. The summed E-state index contributed by atoms with van der Waals surface area (Å²) in [5, 5.41) is 7.96. The minimum atomic E-state index is 0.422. The van der Waals surface area contributed by atoms with Gasteiger partial charge in [-0.3, -0.25) is 4.68 Å². The number of aromatic nitrogens is 4. The number of hydrogen-bond acceptors (Lipinski definition) is 3. The van der Waals surface area contributed by atoms with E-state index in [1.807, 2.05) is 31.0 Å². The molecule has 0 saturated carbocycles. The highest BCUT2D eigenvalue weighted by atomic mass is 15.3. The van der Waals surface area contributed by atoms with Gasteiger partial charge in [0.15, 0.2) is 0 Å². The maximum atomic E-state index is 4.36. The topological polar surface area (TPSA) is 58.5 Å². The smallest absolute Gasteiger partial charge is 0.103 e. The lowest BCUT2D eigenvalue weighted by Gasteiger charge is -2.23. The largest absolute Gasteiger partial charge is 0.345 e. The first kappa shape index (κ1) is 11.5. The molecule has 0 amide bonds. The van der Waals surface area contributed by atoms with E-state index >= 15 is 0 Å². The van der Waals surface area contributed by atoms with Gasteiger partial charge in [-0.1, -0.05) is 0 Å². The second kappa shape index (κ2) is 4.57. The van der Waals surface area contributed by atoms with Gasteiger partial charge in [0.25, 0.3) is 0 Å². The van der Waals surface area contributed by atoms with Crippen LogP contribution in [0, 0.1) is 6.92 Å². The number of imidazole rings is 1. The van der Waals surface area contributed by atoms with Crippen molar-refractivity contribution in [3.63, 3.8) is 0 Å². The van der Waals surface area contributed by atoms with Crippen LogP contribution < -0.4 is 5.32 Å². The van der Waals surface area contributed by atoms with Gasteiger partial charge in [-0.25, -0.2) is 4.98 Å². The Kier molecular flexibility index (Phi) is 2.91. The number of nitrogens with one attached hydrogen (secondary N) is 2. The van der Waals surface area contributed by atoms with Crippen LogP contribution in [0.15, 0.2) is 12.4 Å². The second-order valence-electron chi connectivity index (χ2n) is 4.99. The van der Waals surface area contributed by atoms with Gasteiger partial charge < -0.3 is 10.3 Å². The molecule has 96 valence electrons. The normalized spacial score (nSPS) is 18.9. The van der Waals surface area contributed by atoms with Crippen molar-refractivity contribution >= 4 is 0 Å². The Morgan fingerprint density at radius 1 is 1.50 bits per heavy atom. The molecule has 0 spiro atoms. The Hall–Kier alpha value is -1.62. The lowest BCUT2D eigenvalue weighted by Crippen LogP contribution is -2.25. The van der Waals surface area contributed by atoms with Crippen molar-refractivity contribution in [3.05, 3.63) is 35.2 Å². The maximum Gasteiger partial charge on any atom is 0.103 e. The van der Waals surface area contributed by atoms with Crippen molar-refractivity contribution in [1.29, 1.82) is 0 Å². The molecule has 2 aromatic rings. The Bertz CT molecular complexity index is 539. The highest BCUT2D eigenvalue weighted by molar-refractivity contribution is 5.24. The average Bonchev–Trinajstić information content (AvgIpc) is 2.94. The van der Waals surface area contributed by atoms with Crippen molar-refractivity contribution in [2.24, 2.45) is 7.05 Å². The SMILES string of the molecule is Cc1ncc(CNC2CCCc3c2cnn3C)[nH]1. The number of fused-ring (bicyclic) bond motifs is 1. The molecule has 0 bridgehead atoms. The van der Waals surface area contributed by atoms with E-state index in [4.69, 9.17) is 0 Å². The highest BCUT2D eigenvalue weighted by Gasteiger charge is 2.22. The van der Waals surface area contributed by atoms with Gasteiger partial charge in [-0.05, 0) is 26.2 Å². The fourth-order valence-electron chi connectivity index (χ4n) is 2.71. The average molecular weight is 245 g/mol. The maximum absolute atomic E-state index is 4.36. The molecule has 0 radical (unpaired) electrons. The van der Waals surface area contributed by atoms with Crippen LogP contribution in [0.3, 0.4) is 0 Å². The molecule has 1 aliphatic carbocycles. The molecule has 1 atom stereocenters. The van der Waals surface area contributed by atoms with Gasteiger partial charge in [-0.15, -0.1) is 0 Å². The summed E-state index contributed by atoms with van der Waals surface area (Å²) in [5.74, 6) is 0.970. The Morgan fingerprint density at radius 2 is 2.39 bits per heavy atom. The monoisotopic (exact) mass is 245 g/mol. The minimum Gasteiger partial charge on any atom is -0.345 e. The molecule has 0 fully saturated rings. The molecule has 5 nitrogen and oxygen atoms in total. The summed E-state index contributed by atoms with van der Waals surface area (Å²) in [6, 6.07) is 0.422. The Morgan fingerprint density at radius 3 is 3.17 bits per heavy atom. The quantitative estimate of drug-likeness (QED) is 0.864. The molecule has 5 heteroatoms. The lowest BCUT2D eigenvalue weighted by molar-refractivity contribution is 0.449. The highest BCUT2D eigenvalue weighted by Crippen LogP contribution is 2.29. The summed E-state index contributed by atoms with van der Waals surface area (Å²) in [6.45, 7) is 2.81. The third-order valence-electron chi connectivity index (χ3n) is 3.67. The van der Waals surface area contributed by atoms with E-state index in [1.54, 1.807) is 0 Å². The number of rotatable bonds is 3. The van der Waals surface area contributed by atoms with Crippen molar-refractivity contribution < 1.29 is 0 Å². The van der Waals surface area contributed by atoms with Crippen LogP contribution in [0.25, 0.3) is 0 Å². The van der Waals surface area contributed by atoms with E-state index in [1.165, 1.54) is 24.1 Å². The van der Waals surface area contributed by atoms with Crippen molar-refractivity contribution in [2.75, 3.05) is 0 Å². The van der Waals surface area contributed by atoms with Crippen LogP contribution in [0.5, 0.6) is 0 Å². The molecule has 0 saturated heterocycles. The molecule has 2 aromatic heterocycles. The zero-order valence-corrected chi connectivity index (χ0v) is 10.9. The van der Waals surface area contributed by atoms with E-state index in [9.17, 15) is 0 Å². The van der Waals surface area contributed by atoms with Gasteiger partial charge >= 0.3 is 0 Å². The van der Waals surface area contributed by atoms with Crippen LogP contribution in [-0.4, -0.2) is 19.7 Å². The van der Waals surface area contributed by atoms with Gasteiger partial charge in [0.1, 0.15) is 5.82 Å². The van der Waals surface area contributed by atoms with Crippen molar-refractivity contribution in [2.45, 2.75) is 38.8 Å². The van der Waals surface area contributed by atoms with E-state index in [0.29, 0.717) is 6.04 Å². The summed E-state index contributed by atoms with van der Waals surface area (Å²) in [4.78, 5) is 7.47. The molecule has 2 N–H and O–H groups in total. The number of H-pyrrole nitrogens is 1. The van der Waals surface area contributed by atoms with Crippen LogP contribution >= 0.6 is 0 Å². The molecule has 0 aromatic carbocycles. The van der Waals surface area contributed by atoms with Gasteiger partial charge in [-0.2, -0.15) is 5.10 Å². The molecular formula is C13H19N5. The standard InChI is InChI=1S/C13H19N5/c1-9-14-6-10(17-9)7-15-12-4-3-5-13-11(12)8-16-18(13)2/h6,8,12,15H,3-5,7H2,1-2H3,(H,14,17). The number of aryl methyl sites for hydroxylation is 2. The number of nitrogens with zero attached hydrogens (tertiary/aromatic N) is 3. The van der Waals surface area contributed by atoms with Crippen LogP contribution in [0.1, 0.15) is 41.7 Å². The number of hydrogen-bond donors (Lipinski definition) is 2. The zero-order chi connectivity index (χ0) is 12.5. The second-order valence-corrected chi connectivity index (χ2v) is 4.99. The summed E-state index contributed by atoms with van der Waals surface area (Å²) in [5.41, 5.74) is 3.88. The summed E-state index contributed by atoms with van der Waals surface area (Å²) in [7, 11) is 2.03. The molecule has 1 unspecified atom stereocenters. The molecule has 18 heavy (non-hydrogen) atoms. The van der Waals surface area contributed by atoms with Crippen LogP contribution in [-0.2, 0) is 20.0 Å². The van der Waals surface area contributed by atoms with Crippen LogP contribution in [0.2, 0.25) is 0 Å². The predicted molar refractivity (Wildman–Crippen MR) is 69.1 cm³/mol. The third-order valence-corrected chi connectivity index (χ3v) is 3.67. The fraction of sp³-hybridized carbons (Fsp3) is 0.538. The molecule has 2 heterocycles. The molecular weight excluding hydrogens is 226 g/mol. The Labute approximate surface area is 107 Å². The predicted octanol–water partition coefficient (Wildman–Crippen LogP) is 1.62. The minimum absolute atomic E-state index is 0.422. The van der Waals surface area contributed by atoms with Crippen LogP contribution in [0.4, 0.5) is 0 Å². The molecule has 0 aliphatic heterocycles. The fourth-order valence-corrected chi connectivity index (χ4v) is 2.71. The van der Waals surface area contributed by atoms with Crippen molar-refractivity contribution in [3.8, 4) is 0 Å². The first-order valence-electron chi connectivity index (χ1n) is 6.48. The zero-order valence-electron chi connectivity index (χ0n) is 10.9. The van der Waals surface area contributed by atoms with Gasteiger partial charge in [0, 0.05) is 42.8 Å². The van der Waals surface area contributed by atoms with E-state index in [0.717, 1.165) is 24.5 Å². The third kappa shape index (κ3) is 2.06. The van der Waals surface area contributed by atoms with E-state index in [2.05, 4.69) is 20.4 Å². The first-order chi connectivity index (χ1) is 8.74. The van der Waals surface area contributed by atoms with E-state index in [-0.39, 0.29) is 0 Å². The van der Waals surface area contributed by atoms with Gasteiger partial charge in [0.2, 0.25) is 0 Å². The summed E-state index contributed by atoms with van der Waals surface area (Å²) >= 11 is 0. The molecule has 3 rings (SSSR count).